The first-order valence-electron chi connectivity index (χ1n) is 4.50. The van der Waals surface area contributed by atoms with Gasteiger partial charge < -0.3 is 11.1 Å². The molecule has 0 aliphatic carbocycles. The molecule has 1 atom stereocenters. The average Bonchev–Trinajstić information content (AvgIpc) is 2.09. The van der Waals surface area contributed by atoms with Crippen LogP contribution in [0.3, 0.4) is 0 Å². The smallest absolute Gasteiger partial charge is 0.130 e. The molecule has 0 saturated heterocycles. The molecule has 0 bridgehead atoms. The summed E-state index contributed by atoms with van der Waals surface area (Å²) in [5, 5.41) is 2.88. The Balaban J connectivity index is 2.58. The summed E-state index contributed by atoms with van der Waals surface area (Å²) in [5.41, 5.74) is 5.55. The molecule has 14 heavy (non-hydrogen) atoms. The van der Waals surface area contributed by atoms with Gasteiger partial charge >= 0.3 is 0 Å². The van der Waals surface area contributed by atoms with Gasteiger partial charge in [-0.2, -0.15) is 0 Å². The Labute approximate surface area is 82.1 Å². The maximum atomic E-state index is 13.1. The van der Waals surface area contributed by atoms with Crippen molar-refractivity contribution in [3.05, 3.63) is 35.4 Å². The van der Waals surface area contributed by atoms with Gasteiger partial charge in [-0.25, -0.2) is 8.78 Å². The zero-order valence-electron chi connectivity index (χ0n) is 8.06. The first kappa shape index (κ1) is 11.1. The van der Waals surface area contributed by atoms with Crippen molar-refractivity contribution < 1.29 is 8.78 Å². The van der Waals surface area contributed by atoms with Crippen molar-refractivity contribution in [3.8, 4) is 0 Å². The molecule has 0 aromatic heterocycles. The van der Waals surface area contributed by atoms with E-state index in [1.54, 1.807) is 0 Å². The van der Waals surface area contributed by atoms with E-state index in [1.807, 2.05) is 6.92 Å². The molecule has 0 fully saturated rings. The molecule has 3 N–H and O–H groups in total. The first-order valence-corrected chi connectivity index (χ1v) is 4.50. The minimum absolute atomic E-state index is 0.0233. The van der Waals surface area contributed by atoms with E-state index in [4.69, 9.17) is 5.73 Å². The lowest BCUT2D eigenvalue weighted by atomic mass is 10.2. The van der Waals surface area contributed by atoms with E-state index in [2.05, 4.69) is 5.32 Å². The summed E-state index contributed by atoms with van der Waals surface area (Å²) >= 11 is 0. The highest BCUT2D eigenvalue weighted by Crippen LogP contribution is 2.11. The van der Waals surface area contributed by atoms with E-state index in [0.717, 1.165) is 0 Å². The Morgan fingerprint density at radius 2 is 1.93 bits per heavy atom. The van der Waals surface area contributed by atoms with Gasteiger partial charge in [0.05, 0.1) is 0 Å². The largest absolute Gasteiger partial charge is 0.327 e. The highest BCUT2D eigenvalue weighted by Gasteiger charge is 2.07. The fourth-order valence-electron chi connectivity index (χ4n) is 1.13. The predicted molar refractivity (Wildman–Crippen MR) is 51.7 cm³/mol. The summed E-state index contributed by atoms with van der Waals surface area (Å²) < 4.78 is 26.1. The normalized spacial score (nSPS) is 12.9. The fourth-order valence-corrected chi connectivity index (χ4v) is 1.13. The minimum atomic E-state index is -0.526. The van der Waals surface area contributed by atoms with Crippen molar-refractivity contribution >= 4 is 0 Å². The van der Waals surface area contributed by atoms with E-state index in [1.165, 1.54) is 18.2 Å². The van der Waals surface area contributed by atoms with Crippen LogP contribution in [0.15, 0.2) is 18.2 Å². The van der Waals surface area contributed by atoms with Crippen molar-refractivity contribution in [1.82, 2.24) is 5.32 Å². The molecular weight excluding hydrogens is 186 g/mol. The van der Waals surface area contributed by atoms with Gasteiger partial charge in [0.2, 0.25) is 0 Å². The molecule has 0 amide bonds. The molecule has 1 unspecified atom stereocenters. The summed E-state index contributed by atoms with van der Waals surface area (Å²) in [7, 11) is 0. The van der Waals surface area contributed by atoms with E-state index >= 15 is 0 Å². The molecule has 2 nitrogen and oxygen atoms in total. The Bertz CT molecular complexity index is 280. The Morgan fingerprint density at radius 3 is 2.43 bits per heavy atom. The third-order valence-corrected chi connectivity index (χ3v) is 1.83. The van der Waals surface area contributed by atoms with Crippen LogP contribution < -0.4 is 11.1 Å². The van der Waals surface area contributed by atoms with Gasteiger partial charge in [-0.05, 0) is 19.1 Å². The van der Waals surface area contributed by atoms with Crippen LogP contribution in [-0.2, 0) is 6.54 Å². The zero-order valence-corrected chi connectivity index (χ0v) is 8.06. The van der Waals surface area contributed by atoms with Crippen molar-refractivity contribution in [1.29, 1.82) is 0 Å². The second-order valence-corrected chi connectivity index (χ2v) is 3.31. The maximum absolute atomic E-state index is 13.1. The second-order valence-electron chi connectivity index (χ2n) is 3.31. The number of hydrogen-bond acceptors (Lipinski definition) is 2. The van der Waals surface area contributed by atoms with E-state index in [9.17, 15) is 8.78 Å². The lowest BCUT2D eigenvalue weighted by Crippen LogP contribution is -2.31. The minimum Gasteiger partial charge on any atom is -0.327 e. The summed E-state index contributed by atoms with van der Waals surface area (Å²) in [5.74, 6) is -1.05. The summed E-state index contributed by atoms with van der Waals surface area (Å²) in [6.45, 7) is 2.53. The van der Waals surface area contributed by atoms with E-state index < -0.39 is 11.6 Å². The lowest BCUT2D eigenvalue weighted by Gasteiger charge is -2.08. The van der Waals surface area contributed by atoms with Gasteiger partial charge in [0.1, 0.15) is 11.6 Å². The highest BCUT2D eigenvalue weighted by atomic mass is 19.1. The number of hydrogen-bond donors (Lipinski definition) is 2. The van der Waals surface area contributed by atoms with E-state index in [0.29, 0.717) is 6.54 Å². The van der Waals surface area contributed by atoms with Gasteiger partial charge in [-0.1, -0.05) is 6.07 Å². The third kappa shape index (κ3) is 3.05. The van der Waals surface area contributed by atoms with E-state index in [-0.39, 0.29) is 18.2 Å². The molecule has 0 saturated carbocycles. The molecular formula is C10H14F2N2. The van der Waals surface area contributed by atoms with Crippen LogP contribution in [0.1, 0.15) is 12.5 Å². The standard InChI is InChI=1S/C10H14F2N2/c1-7(13)5-14-6-8-9(11)3-2-4-10(8)12/h2-4,7,14H,5-6,13H2,1H3. The zero-order chi connectivity index (χ0) is 10.6. The Morgan fingerprint density at radius 1 is 1.36 bits per heavy atom. The van der Waals surface area contributed by atoms with Gasteiger partial charge in [0, 0.05) is 24.7 Å². The molecule has 1 aromatic rings. The average molecular weight is 200 g/mol. The predicted octanol–water partition coefficient (Wildman–Crippen LogP) is 1.40. The molecule has 1 rings (SSSR count). The number of halogens is 2. The Hall–Kier alpha value is -1.00. The van der Waals surface area contributed by atoms with Crippen LogP contribution in [0, 0.1) is 11.6 Å². The van der Waals surface area contributed by atoms with Gasteiger partial charge in [0.25, 0.3) is 0 Å². The van der Waals surface area contributed by atoms with Crippen LogP contribution in [0.4, 0.5) is 8.78 Å². The van der Waals surface area contributed by atoms with Crippen molar-refractivity contribution in [2.45, 2.75) is 19.5 Å². The SMILES string of the molecule is CC(N)CNCc1c(F)cccc1F. The molecule has 0 radical (unpaired) electrons. The van der Waals surface area contributed by atoms with Gasteiger partial charge in [0.15, 0.2) is 0 Å². The Kier molecular flexibility index (Phi) is 3.98. The van der Waals surface area contributed by atoms with Crippen LogP contribution in [-0.4, -0.2) is 12.6 Å². The number of rotatable bonds is 4. The maximum Gasteiger partial charge on any atom is 0.130 e. The molecule has 0 aliphatic heterocycles. The van der Waals surface area contributed by atoms with Gasteiger partial charge in [-0.15, -0.1) is 0 Å². The number of nitrogens with two attached hydrogens (primary N) is 1. The monoisotopic (exact) mass is 200 g/mol. The molecule has 4 heteroatoms. The lowest BCUT2D eigenvalue weighted by molar-refractivity contribution is 0.526. The summed E-state index contributed by atoms with van der Waals surface area (Å²) in [4.78, 5) is 0. The van der Waals surface area contributed by atoms with Crippen molar-refractivity contribution in [2.75, 3.05) is 6.54 Å². The quantitative estimate of drug-likeness (QED) is 0.771. The molecule has 1 aromatic carbocycles. The van der Waals surface area contributed by atoms with Crippen LogP contribution >= 0.6 is 0 Å². The van der Waals surface area contributed by atoms with Crippen LogP contribution in [0.25, 0.3) is 0 Å². The number of benzene rings is 1. The topological polar surface area (TPSA) is 38.0 Å². The third-order valence-electron chi connectivity index (χ3n) is 1.83. The van der Waals surface area contributed by atoms with Gasteiger partial charge in [-0.3, -0.25) is 0 Å². The van der Waals surface area contributed by atoms with Crippen LogP contribution in [0.5, 0.6) is 0 Å². The first-order chi connectivity index (χ1) is 6.61. The fraction of sp³-hybridized carbons (Fsp3) is 0.400. The molecule has 78 valence electrons. The van der Waals surface area contributed by atoms with Crippen molar-refractivity contribution in [3.63, 3.8) is 0 Å². The molecule has 0 aliphatic rings. The second kappa shape index (κ2) is 5.02. The molecule has 0 spiro atoms. The summed E-state index contributed by atoms with van der Waals surface area (Å²) in [6.07, 6.45) is 0. The molecule has 0 heterocycles. The van der Waals surface area contributed by atoms with Crippen LogP contribution in [0.2, 0.25) is 0 Å². The highest BCUT2D eigenvalue weighted by molar-refractivity contribution is 5.19. The number of nitrogens with one attached hydrogen (secondary N) is 1. The van der Waals surface area contributed by atoms with Crippen molar-refractivity contribution in [2.24, 2.45) is 5.73 Å². The summed E-state index contributed by atoms with van der Waals surface area (Å²) in [6, 6.07) is 3.81.